The summed E-state index contributed by atoms with van der Waals surface area (Å²) in [7, 11) is 3.29. The molecule has 1 aliphatic rings. The number of allylic oxidation sites excluding steroid dienone is 1. The summed E-state index contributed by atoms with van der Waals surface area (Å²) in [6.45, 7) is 3.96. The fourth-order valence-corrected chi connectivity index (χ4v) is 3.44. The van der Waals surface area contributed by atoms with Crippen LogP contribution < -0.4 is 10.1 Å². The molecule has 0 atom stereocenters. The van der Waals surface area contributed by atoms with Gasteiger partial charge in [0.15, 0.2) is 0 Å². The number of likely N-dealkylation sites (N-methyl/N-ethyl adjacent to an activating group) is 1. The van der Waals surface area contributed by atoms with Gasteiger partial charge in [0, 0.05) is 41.6 Å². The van der Waals surface area contributed by atoms with Crippen molar-refractivity contribution >= 4 is 22.4 Å². The molecule has 1 aliphatic carbocycles. The predicted molar refractivity (Wildman–Crippen MR) is 91.9 cm³/mol. The van der Waals surface area contributed by atoms with E-state index in [-0.39, 0.29) is 5.91 Å². The van der Waals surface area contributed by atoms with Crippen LogP contribution >= 0.6 is 0 Å². The number of aryl methyl sites for hydroxylation is 3. The number of furan rings is 1. The van der Waals surface area contributed by atoms with E-state index in [1.54, 1.807) is 20.2 Å². The van der Waals surface area contributed by atoms with E-state index < -0.39 is 0 Å². The maximum Gasteiger partial charge on any atom is 0.244 e. The predicted octanol–water partition coefficient (Wildman–Crippen LogP) is 3.78. The van der Waals surface area contributed by atoms with Crippen LogP contribution in [0.2, 0.25) is 0 Å². The molecule has 1 aromatic heterocycles. The number of benzene rings is 1. The van der Waals surface area contributed by atoms with Crippen molar-refractivity contribution in [3.63, 3.8) is 0 Å². The number of methoxy groups -OCH3 is 1. The van der Waals surface area contributed by atoms with E-state index in [4.69, 9.17) is 9.15 Å². The van der Waals surface area contributed by atoms with Crippen LogP contribution in [0, 0.1) is 6.92 Å². The van der Waals surface area contributed by atoms with Crippen molar-refractivity contribution in [3.05, 3.63) is 34.6 Å². The van der Waals surface area contributed by atoms with Gasteiger partial charge in [-0.05, 0) is 44.7 Å². The number of amides is 1. The lowest BCUT2D eigenvalue weighted by Crippen LogP contribution is -2.14. The summed E-state index contributed by atoms with van der Waals surface area (Å²) in [5, 5.41) is 3.79. The number of ether oxygens (including phenoxy) is 1. The highest BCUT2D eigenvalue weighted by Gasteiger charge is 2.22. The average Bonchev–Trinajstić information content (AvgIpc) is 2.93. The van der Waals surface area contributed by atoms with Crippen LogP contribution in [0.1, 0.15) is 42.2 Å². The van der Waals surface area contributed by atoms with Gasteiger partial charge in [-0.25, -0.2) is 0 Å². The molecule has 1 N–H and O–H groups in total. The van der Waals surface area contributed by atoms with E-state index in [1.807, 2.05) is 13.8 Å². The standard InChI is InChI=1S/C19H23NO3/c1-11(9-17(21)20-3)14-10-15-13-7-5-6-8-16(13)23-19(15)12(2)18(14)22-4/h9-10H,5-8H2,1-4H3,(H,20,21)/b11-9+. The maximum absolute atomic E-state index is 11.7. The zero-order valence-corrected chi connectivity index (χ0v) is 14.2. The molecule has 1 heterocycles. The number of rotatable bonds is 3. The quantitative estimate of drug-likeness (QED) is 0.877. The Hall–Kier alpha value is -2.23. The zero-order chi connectivity index (χ0) is 16.6. The SMILES string of the molecule is CNC(=O)/C=C(\C)c1cc2c3c(oc2c(C)c1OC)CCCC3. The van der Waals surface area contributed by atoms with Crippen molar-refractivity contribution in [1.82, 2.24) is 5.32 Å². The molecule has 4 heteroatoms. The highest BCUT2D eigenvalue weighted by Crippen LogP contribution is 2.40. The lowest BCUT2D eigenvalue weighted by Gasteiger charge is -2.13. The summed E-state index contributed by atoms with van der Waals surface area (Å²) in [6, 6.07) is 2.11. The summed E-state index contributed by atoms with van der Waals surface area (Å²) >= 11 is 0. The normalized spacial score (nSPS) is 14.7. The lowest BCUT2D eigenvalue weighted by atomic mass is 9.93. The molecule has 0 saturated heterocycles. The molecule has 0 radical (unpaired) electrons. The first-order chi connectivity index (χ1) is 11.1. The molecule has 0 unspecified atom stereocenters. The molecule has 122 valence electrons. The Morgan fingerprint density at radius 3 is 2.78 bits per heavy atom. The zero-order valence-electron chi connectivity index (χ0n) is 14.2. The van der Waals surface area contributed by atoms with Gasteiger partial charge in [0.1, 0.15) is 17.1 Å². The Morgan fingerprint density at radius 2 is 2.09 bits per heavy atom. The number of hydrogen-bond donors (Lipinski definition) is 1. The second-order valence-corrected chi connectivity index (χ2v) is 6.11. The molecule has 1 amide bonds. The Bertz CT molecular complexity index is 799. The molecule has 4 nitrogen and oxygen atoms in total. The van der Waals surface area contributed by atoms with Crippen LogP contribution in [0.3, 0.4) is 0 Å². The molecule has 0 aliphatic heterocycles. The summed E-state index contributed by atoms with van der Waals surface area (Å²) < 4.78 is 11.7. The molecule has 0 fully saturated rings. The van der Waals surface area contributed by atoms with Crippen LogP contribution in [0.15, 0.2) is 16.6 Å². The van der Waals surface area contributed by atoms with Crippen LogP contribution in [-0.4, -0.2) is 20.1 Å². The average molecular weight is 313 g/mol. The van der Waals surface area contributed by atoms with Crippen molar-refractivity contribution in [1.29, 1.82) is 0 Å². The number of hydrogen-bond acceptors (Lipinski definition) is 3. The second-order valence-electron chi connectivity index (χ2n) is 6.11. The van der Waals surface area contributed by atoms with Gasteiger partial charge in [0.25, 0.3) is 0 Å². The first-order valence-electron chi connectivity index (χ1n) is 8.09. The third-order valence-corrected chi connectivity index (χ3v) is 4.65. The van der Waals surface area contributed by atoms with E-state index in [0.717, 1.165) is 52.0 Å². The van der Waals surface area contributed by atoms with Gasteiger partial charge in [-0.2, -0.15) is 0 Å². The van der Waals surface area contributed by atoms with E-state index >= 15 is 0 Å². The topological polar surface area (TPSA) is 51.5 Å². The van der Waals surface area contributed by atoms with Crippen molar-refractivity contribution in [2.75, 3.05) is 14.2 Å². The van der Waals surface area contributed by atoms with Crippen molar-refractivity contribution in [2.45, 2.75) is 39.5 Å². The Balaban J connectivity index is 2.25. The summed E-state index contributed by atoms with van der Waals surface area (Å²) in [5.74, 6) is 1.78. The minimum absolute atomic E-state index is 0.114. The molecule has 0 spiro atoms. The van der Waals surface area contributed by atoms with Crippen molar-refractivity contribution in [2.24, 2.45) is 0 Å². The van der Waals surface area contributed by atoms with Crippen molar-refractivity contribution in [3.8, 4) is 5.75 Å². The molecule has 3 rings (SSSR count). The fourth-order valence-electron chi connectivity index (χ4n) is 3.44. The van der Waals surface area contributed by atoms with E-state index in [1.165, 1.54) is 18.4 Å². The fraction of sp³-hybridized carbons (Fsp3) is 0.421. The Morgan fingerprint density at radius 1 is 1.35 bits per heavy atom. The van der Waals surface area contributed by atoms with Gasteiger partial charge in [0.2, 0.25) is 5.91 Å². The third kappa shape index (κ3) is 2.62. The van der Waals surface area contributed by atoms with Crippen LogP contribution in [0.4, 0.5) is 0 Å². The number of carbonyl (C=O) groups is 1. The summed E-state index contributed by atoms with van der Waals surface area (Å²) in [4.78, 5) is 11.7. The minimum Gasteiger partial charge on any atom is -0.496 e. The van der Waals surface area contributed by atoms with Crippen molar-refractivity contribution < 1.29 is 13.9 Å². The highest BCUT2D eigenvalue weighted by atomic mass is 16.5. The van der Waals surface area contributed by atoms with Crippen LogP contribution in [0.25, 0.3) is 16.5 Å². The van der Waals surface area contributed by atoms with Gasteiger partial charge in [-0.1, -0.05) is 0 Å². The lowest BCUT2D eigenvalue weighted by molar-refractivity contribution is -0.116. The largest absolute Gasteiger partial charge is 0.496 e. The first-order valence-corrected chi connectivity index (χ1v) is 8.09. The molecule has 1 aromatic carbocycles. The Labute approximate surface area is 136 Å². The van der Waals surface area contributed by atoms with Crippen LogP contribution in [0.5, 0.6) is 5.75 Å². The number of fused-ring (bicyclic) bond motifs is 3. The third-order valence-electron chi connectivity index (χ3n) is 4.65. The minimum atomic E-state index is -0.114. The molecular formula is C19H23NO3. The van der Waals surface area contributed by atoms with Gasteiger partial charge in [-0.15, -0.1) is 0 Å². The van der Waals surface area contributed by atoms with Gasteiger partial charge >= 0.3 is 0 Å². The number of carbonyl (C=O) groups excluding carboxylic acids is 1. The van der Waals surface area contributed by atoms with E-state index in [2.05, 4.69) is 11.4 Å². The van der Waals surface area contributed by atoms with Gasteiger partial charge < -0.3 is 14.5 Å². The molecule has 0 saturated carbocycles. The highest BCUT2D eigenvalue weighted by molar-refractivity contribution is 5.98. The first kappa shape index (κ1) is 15.7. The summed E-state index contributed by atoms with van der Waals surface area (Å²) in [6.07, 6.45) is 6.07. The van der Waals surface area contributed by atoms with E-state index in [0.29, 0.717) is 0 Å². The second kappa shape index (κ2) is 6.11. The maximum atomic E-state index is 11.7. The molecule has 2 aromatic rings. The Kier molecular flexibility index (Phi) is 4.16. The number of nitrogens with one attached hydrogen (secondary N) is 1. The van der Waals surface area contributed by atoms with Crippen LogP contribution in [-0.2, 0) is 17.6 Å². The molecular weight excluding hydrogens is 290 g/mol. The monoisotopic (exact) mass is 313 g/mol. The van der Waals surface area contributed by atoms with E-state index in [9.17, 15) is 4.79 Å². The summed E-state index contributed by atoms with van der Waals surface area (Å²) in [5.41, 5.74) is 5.09. The molecule has 23 heavy (non-hydrogen) atoms. The van der Waals surface area contributed by atoms with Gasteiger partial charge in [0.05, 0.1) is 7.11 Å². The molecule has 0 bridgehead atoms. The smallest absolute Gasteiger partial charge is 0.244 e. The van der Waals surface area contributed by atoms with Gasteiger partial charge in [-0.3, -0.25) is 4.79 Å².